The molecule has 0 aliphatic carbocycles. The van der Waals surface area contributed by atoms with Gasteiger partial charge in [0, 0.05) is 114 Å². The molecule has 14 rings (SSSR count). The Morgan fingerprint density at radius 3 is 1.04 bits per heavy atom. The highest BCUT2D eigenvalue weighted by Gasteiger charge is 2.30. The van der Waals surface area contributed by atoms with Crippen LogP contribution in [0.4, 0.5) is 99.9 Å². The minimum atomic E-state index is -4.34. The Morgan fingerprint density at radius 1 is 0.403 bits per heavy atom. The molecule has 32 nitrogen and oxygen atoms in total. The first-order chi connectivity index (χ1) is 59.3. The van der Waals surface area contributed by atoms with Crippen LogP contribution >= 0.6 is 11.6 Å². The molecule has 0 aliphatic rings. The molecule has 0 unspecified atom stereocenters. The van der Waals surface area contributed by atoms with E-state index in [-0.39, 0.29) is 5.15 Å². The Kier molecular flexibility index (Phi) is 32.5. The van der Waals surface area contributed by atoms with E-state index in [9.17, 15) is 13.2 Å². The molecule has 0 fully saturated rings. The molecule has 0 spiro atoms. The Morgan fingerprint density at radius 2 is 0.726 bits per heavy atom. The van der Waals surface area contributed by atoms with Gasteiger partial charge in [-0.15, -0.1) is 0 Å². The number of nitrogens with one attached hydrogen (secondary N) is 9. The Balaban J connectivity index is 0.000000167. The zero-order valence-electron chi connectivity index (χ0n) is 71.4. The van der Waals surface area contributed by atoms with E-state index in [4.69, 9.17) is 56.6 Å². The van der Waals surface area contributed by atoms with E-state index in [2.05, 4.69) is 147 Å². The van der Waals surface area contributed by atoms with E-state index in [0.29, 0.717) is 94.6 Å². The van der Waals surface area contributed by atoms with Gasteiger partial charge in [0.05, 0.1) is 80.2 Å². The van der Waals surface area contributed by atoms with E-state index in [1.54, 1.807) is 65.2 Å². The van der Waals surface area contributed by atoms with Crippen molar-refractivity contribution in [3.63, 3.8) is 0 Å². The predicted octanol–water partition coefficient (Wildman–Crippen LogP) is 19.5. The van der Waals surface area contributed by atoms with Crippen molar-refractivity contribution in [1.29, 1.82) is 10.8 Å². The van der Waals surface area contributed by atoms with Crippen LogP contribution in [-0.4, -0.2) is 150 Å². The summed E-state index contributed by atoms with van der Waals surface area (Å²) in [6.07, 6.45) is 14.1. The van der Waals surface area contributed by atoms with Gasteiger partial charge in [0.1, 0.15) is 131 Å². The number of nitrogens with two attached hydrogens (primary N) is 1. The summed E-state index contributed by atoms with van der Waals surface area (Å²) in [5.74, 6) is 9.61. The Bertz CT molecular complexity index is 5790. The summed E-state index contributed by atoms with van der Waals surface area (Å²) in [4.78, 5) is 50.0. The third kappa shape index (κ3) is 28.1. The fourth-order valence-electron chi connectivity index (χ4n) is 11.5. The zero-order chi connectivity index (χ0) is 89.1. The number of anilines is 15. The van der Waals surface area contributed by atoms with Crippen LogP contribution in [0.25, 0.3) is 21.8 Å². The van der Waals surface area contributed by atoms with Crippen molar-refractivity contribution in [2.75, 3.05) is 84.6 Å². The fraction of sp³-hybridized carbons (Fsp3) is 0.256. The molecule has 124 heavy (non-hydrogen) atoms. The van der Waals surface area contributed by atoms with Crippen LogP contribution in [0.1, 0.15) is 44.5 Å². The summed E-state index contributed by atoms with van der Waals surface area (Å²) in [7, 11) is 4.28. The summed E-state index contributed by atoms with van der Waals surface area (Å²) < 4.78 is 73.1. The SMILES string of the molecule is COc1cc(C)c(C=N)cc1Nc1cc(Nc2cc(C)ccn2)ncn1.COc1cc(C)c(C=N)cc1Nc1cc(Nc2cc(C)ccn2)ncn1.COc1cc2c(cnn2COCC[Si](C)(C)C)cc1Nc1cc(N)ncn1.COc1cc2c(cnn2COCC[Si](C)(C)C)cc1Nc1cc(Nc2cc(C)ccn2)ncn1.FC(F)(F)c1ccnc(Cl)c1. The molecule has 14 aromatic rings. The van der Waals surface area contributed by atoms with Gasteiger partial charge in [0.25, 0.3) is 0 Å². The summed E-state index contributed by atoms with van der Waals surface area (Å²) in [5, 5.41) is 48.3. The highest BCUT2D eigenvalue weighted by molar-refractivity contribution is 6.76. The van der Waals surface area contributed by atoms with Crippen LogP contribution in [0, 0.1) is 45.4 Å². The number of hydrogen-bond donors (Lipinski definition) is 10. The van der Waals surface area contributed by atoms with Gasteiger partial charge in [-0.1, -0.05) is 50.9 Å². The molecule has 0 amide bonds. The minimum absolute atomic E-state index is 0.153. The van der Waals surface area contributed by atoms with Gasteiger partial charge in [0.2, 0.25) is 0 Å². The van der Waals surface area contributed by atoms with Gasteiger partial charge in [-0.05, 0) is 171 Å². The first kappa shape index (κ1) is 92.4. The van der Waals surface area contributed by atoms with Crippen molar-refractivity contribution in [1.82, 2.24) is 79.4 Å². The number of nitrogen functional groups attached to an aromatic ring is 1. The van der Waals surface area contributed by atoms with Gasteiger partial charge in [-0.3, -0.25) is 0 Å². The molecule has 4 aromatic carbocycles. The molecule has 646 valence electrons. The number of hydrogen-bond acceptors (Lipinski definition) is 30. The number of aryl methyl sites for hydroxylation is 5. The van der Waals surface area contributed by atoms with Crippen LogP contribution in [0.3, 0.4) is 0 Å². The number of ether oxygens (including phenoxy) is 6. The molecule has 38 heteroatoms. The number of alkyl halides is 3. The number of halogens is 4. The lowest BCUT2D eigenvalue weighted by atomic mass is 10.1. The highest BCUT2D eigenvalue weighted by atomic mass is 35.5. The lowest BCUT2D eigenvalue weighted by molar-refractivity contribution is -0.137. The van der Waals surface area contributed by atoms with Gasteiger partial charge >= 0.3 is 6.18 Å². The second-order valence-electron chi connectivity index (χ2n) is 30.4. The van der Waals surface area contributed by atoms with Gasteiger partial charge < -0.3 is 82.2 Å². The second-order valence-corrected chi connectivity index (χ2v) is 42.0. The van der Waals surface area contributed by atoms with Gasteiger partial charge in [-0.25, -0.2) is 69.2 Å². The molecule has 0 saturated carbocycles. The monoisotopic (exact) mass is 1740 g/mol. The standard InChI is InChI=1S/C24H31N7O2Si.2C19H20N6O.C18H26N6O2Si.C6H3ClF3N/c1-17-6-7-25-22(10-17)30-24-13-23(26-15-27-24)29-19-11-18-14-28-31(20(18)12-21(19)32-2)16-33-8-9-34(3,4)5;2*1-12-4-5-21-17(6-12)25-19-9-18(22-11-23-19)24-15-8-14(10-20)13(2)7-16(15)26-3;1-25-16-8-15-13(7-14(16)23-18-9-17(19)20-11-21-18)10-22-24(15)12-26-5-6-27(2,3)4;7-5-3-4(1-2-11-5)6(8,9)10/h6-7,10-15H,8-9,16H2,1-5H3,(H2,25,26,27,29,30);2*4-11,20H,1-3H3,(H2,21,22,23,24,25);7-11H,5-6,12H2,1-4H3,(H3,19,20,21,23);1-3H. The van der Waals surface area contributed by atoms with Crippen molar-refractivity contribution in [3.8, 4) is 23.0 Å². The van der Waals surface area contributed by atoms with Crippen LogP contribution in [0.15, 0.2) is 184 Å². The average Bonchev–Trinajstić information content (AvgIpc) is 1.57. The average molecular weight is 1740 g/mol. The van der Waals surface area contributed by atoms with E-state index in [0.717, 1.165) is 133 Å². The molecule has 0 aliphatic heterocycles. The van der Waals surface area contributed by atoms with E-state index in [1.807, 2.05) is 147 Å². The van der Waals surface area contributed by atoms with Crippen molar-refractivity contribution >= 4 is 149 Å². The lowest BCUT2D eigenvalue weighted by Gasteiger charge is -2.15. The predicted molar refractivity (Wildman–Crippen MR) is 489 cm³/mol. The summed E-state index contributed by atoms with van der Waals surface area (Å²) in [6, 6.07) is 38.0. The first-order valence-corrected chi connectivity index (χ1v) is 46.6. The normalized spacial score (nSPS) is 11.1. The molecule has 0 bridgehead atoms. The fourth-order valence-corrected chi connectivity index (χ4v) is 13.2. The van der Waals surface area contributed by atoms with E-state index >= 15 is 0 Å². The number of fused-ring (bicyclic) bond motifs is 2. The number of nitrogens with zero attached hydrogens (tertiary/aromatic N) is 16. The van der Waals surface area contributed by atoms with Crippen molar-refractivity contribution in [3.05, 3.63) is 233 Å². The van der Waals surface area contributed by atoms with Crippen molar-refractivity contribution in [2.24, 2.45) is 0 Å². The maximum atomic E-state index is 11.9. The van der Waals surface area contributed by atoms with E-state index in [1.165, 1.54) is 37.7 Å². The van der Waals surface area contributed by atoms with Crippen LogP contribution in [0.2, 0.25) is 56.5 Å². The molecule has 11 N–H and O–H groups in total. The first-order valence-electron chi connectivity index (χ1n) is 38.8. The Hall–Kier alpha value is -13.9. The van der Waals surface area contributed by atoms with Crippen molar-refractivity contribution < 1.29 is 41.6 Å². The molecular formula is C86H100ClF3N26O6Si2. The largest absolute Gasteiger partial charge is 0.495 e. The van der Waals surface area contributed by atoms with Crippen molar-refractivity contribution in [2.45, 2.75) is 106 Å². The Labute approximate surface area is 723 Å². The highest BCUT2D eigenvalue weighted by Crippen LogP contribution is 2.37. The third-order valence-corrected chi connectivity index (χ3v) is 21.8. The van der Waals surface area contributed by atoms with Gasteiger partial charge in [0.15, 0.2) is 0 Å². The number of methoxy groups -OCH3 is 4. The lowest BCUT2D eigenvalue weighted by Crippen LogP contribution is -2.22. The summed E-state index contributed by atoms with van der Waals surface area (Å²) in [6.45, 7) is 26.3. The van der Waals surface area contributed by atoms with Gasteiger partial charge in [-0.2, -0.15) is 23.4 Å². The molecule has 0 atom stereocenters. The molecular weight excluding hydrogens is 1640 g/mol. The number of rotatable bonds is 30. The van der Waals surface area contributed by atoms with Crippen LogP contribution < -0.4 is 61.9 Å². The quantitative estimate of drug-likeness (QED) is 0.00865. The number of pyridine rings is 4. The summed E-state index contributed by atoms with van der Waals surface area (Å²) >= 11 is 5.24. The molecule has 10 aromatic heterocycles. The van der Waals surface area contributed by atoms with Crippen LogP contribution in [0.5, 0.6) is 23.0 Å². The number of aromatic nitrogens is 16. The summed E-state index contributed by atoms with van der Waals surface area (Å²) in [5.41, 5.74) is 16.8. The zero-order valence-corrected chi connectivity index (χ0v) is 74.2. The minimum Gasteiger partial charge on any atom is -0.495 e. The maximum Gasteiger partial charge on any atom is 0.416 e. The topological polar surface area (TPSA) is 404 Å². The van der Waals surface area contributed by atoms with Crippen LogP contribution in [-0.2, 0) is 29.1 Å². The molecule has 0 saturated heterocycles. The molecule has 10 heterocycles. The smallest absolute Gasteiger partial charge is 0.416 e. The third-order valence-electron chi connectivity index (χ3n) is 18.1. The number of benzene rings is 4. The second kappa shape index (κ2) is 43.6. The van der Waals surface area contributed by atoms with E-state index < -0.39 is 27.9 Å². The molecule has 0 radical (unpaired) electrons. The maximum absolute atomic E-state index is 11.9.